The number of nitrogens with two attached hydrogens (primary N) is 1. The van der Waals surface area contributed by atoms with Crippen LogP contribution in [0.15, 0.2) is 38.4 Å². The summed E-state index contributed by atoms with van der Waals surface area (Å²) in [4.78, 5) is 15.6. The molecule has 10 heteroatoms. The first kappa shape index (κ1) is 18.2. The van der Waals surface area contributed by atoms with Gasteiger partial charge in [0, 0.05) is 28.9 Å². The van der Waals surface area contributed by atoms with Crippen LogP contribution in [0.5, 0.6) is 0 Å². The van der Waals surface area contributed by atoms with Gasteiger partial charge in [0.1, 0.15) is 5.82 Å². The summed E-state index contributed by atoms with van der Waals surface area (Å²) < 4.78 is 8.30. The summed E-state index contributed by atoms with van der Waals surface area (Å²) in [6, 6.07) is 7.72. The van der Waals surface area contributed by atoms with Crippen molar-refractivity contribution in [1.82, 2.24) is 24.9 Å². The fourth-order valence-electron chi connectivity index (χ4n) is 2.67. The molecule has 2 aromatic heterocycles. The van der Waals surface area contributed by atoms with Gasteiger partial charge in [-0.3, -0.25) is 4.79 Å². The van der Waals surface area contributed by atoms with Crippen LogP contribution in [0.3, 0.4) is 0 Å². The van der Waals surface area contributed by atoms with Crippen LogP contribution in [-0.4, -0.2) is 30.8 Å². The maximum Gasteiger partial charge on any atom is 0.237 e. The number of carbonyl (C=O) groups excluding carboxylic acids is 1. The maximum atomic E-state index is 11.2. The molecule has 0 atom stereocenters. The molecule has 2 heterocycles. The maximum absolute atomic E-state index is 11.2. The lowest BCUT2D eigenvalue weighted by atomic mass is 10.2. The van der Waals surface area contributed by atoms with Gasteiger partial charge in [-0.25, -0.2) is 0 Å². The minimum atomic E-state index is -0.336. The molecule has 0 saturated heterocycles. The standard InChI is InChI=1S/C17H17BrN6O2S/c18-12-3-1-2-11(8-12)15-20-14(26-23-15)9-27-17-22-21-16(10-4-5-10)24(17)7-6-13(19)25/h1-3,8,10H,4-7,9H2,(H2,19,25). The van der Waals surface area contributed by atoms with Gasteiger partial charge in [-0.1, -0.05) is 45.0 Å². The van der Waals surface area contributed by atoms with Crippen molar-refractivity contribution in [2.24, 2.45) is 5.73 Å². The van der Waals surface area contributed by atoms with Crippen LogP contribution in [-0.2, 0) is 17.1 Å². The Kier molecular flexibility index (Phi) is 5.26. The molecule has 1 saturated carbocycles. The SMILES string of the molecule is NC(=O)CCn1c(SCc2nc(-c3cccc(Br)c3)no2)nnc1C1CC1. The largest absolute Gasteiger partial charge is 0.370 e. The minimum Gasteiger partial charge on any atom is -0.370 e. The van der Waals surface area contributed by atoms with E-state index in [0.29, 0.717) is 29.9 Å². The van der Waals surface area contributed by atoms with Gasteiger partial charge in [-0.05, 0) is 25.0 Å². The van der Waals surface area contributed by atoms with Gasteiger partial charge in [0.25, 0.3) is 0 Å². The molecular weight excluding hydrogens is 432 g/mol. The molecule has 1 aliphatic rings. The molecule has 1 aromatic carbocycles. The Labute approximate surface area is 168 Å². The molecular formula is C17H17BrN6O2S. The summed E-state index contributed by atoms with van der Waals surface area (Å²) in [7, 11) is 0. The second-order valence-corrected chi connectivity index (χ2v) is 8.15. The third-order valence-electron chi connectivity index (χ3n) is 4.15. The Hall–Kier alpha value is -2.20. The second-order valence-electron chi connectivity index (χ2n) is 6.29. The van der Waals surface area contributed by atoms with Gasteiger partial charge < -0.3 is 14.8 Å². The number of aromatic nitrogens is 5. The molecule has 0 aliphatic heterocycles. The topological polar surface area (TPSA) is 113 Å². The van der Waals surface area contributed by atoms with Crippen LogP contribution < -0.4 is 5.73 Å². The van der Waals surface area contributed by atoms with Crippen molar-refractivity contribution >= 4 is 33.6 Å². The average molecular weight is 449 g/mol. The molecule has 0 radical (unpaired) electrons. The molecule has 8 nitrogen and oxygen atoms in total. The Morgan fingerprint density at radius 1 is 1.37 bits per heavy atom. The predicted octanol–water partition coefficient (Wildman–Crippen LogP) is 3.14. The molecule has 0 bridgehead atoms. The van der Waals surface area contributed by atoms with Crippen molar-refractivity contribution in [2.45, 2.75) is 42.6 Å². The molecule has 4 rings (SSSR count). The van der Waals surface area contributed by atoms with Crippen molar-refractivity contribution in [1.29, 1.82) is 0 Å². The van der Waals surface area contributed by atoms with Gasteiger partial charge in [0.15, 0.2) is 5.16 Å². The lowest BCUT2D eigenvalue weighted by Gasteiger charge is -2.07. The summed E-state index contributed by atoms with van der Waals surface area (Å²) >= 11 is 4.90. The van der Waals surface area contributed by atoms with Crippen LogP contribution in [0.4, 0.5) is 0 Å². The molecule has 0 unspecified atom stereocenters. The molecule has 3 aromatic rings. The van der Waals surface area contributed by atoms with E-state index < -0.39 is 0 Å². The van der Waals surface area contributed by atoms with Gasteiger partial charge >= 0.3 is 0 Å². The van der Waals surface area contributed by atoms with Crippen molar-refractivity contribution in [3.63, 3.8) is 0 Å². The van der Waals surface area contributed by atoms with Crippen molar-refractivity contribution < 1.29 is 9.32 Å². The first-order valence-corrected chi connectivity index (χ1v) is 10.3. The van der Waals surface area contributed by atoms with Crippen molar-refractivity contribution in [2.75, 3.05) is 0 Å². The highest BCUT2D eigenvalue weighted by Gasteiger charge is 2.30. The lowest BCUT2D eigenvalue weighted by Crippen LogP contribution is -2.15. The number of nitrogens with zero attached hydrogens (tertiary/aromatic N) is 5. The van der Waals surface area contributed by atoms with Crippen molar-refractivity contribution in [3.8, 4) is 11.4 Å². The van der Waals surface area contributed by atoms with E-state index in [1.807, 2.05) is 28.8 Å². The number of halogens is 1. The Morgan fingerprint density at radius 2 is 2.22 bits per heavy atom. The summed E-state index contributed by atoms with van der Waals surface area (Å²) in [5.74, 6) is 2.55. The molecule has 2 N–H and O–H groups in total. The number of benzene rings is 1. The van der Waals surface area contributed by atoms with E-state index in [2.05, 4.69) is 36.3 Å². The third kappa shape index (κ3) is 4.38. The lowest BCUT2D eigenvalue weighted by molar-refractivity contribution is -0.118. The second kappa shape index (κ2) is 7.81. The Morgan fingerprint density at radius 3 is 2.96 bits per heavy atom. The van der Waals surface area contributed by atoms with Gasteiger partial charge in [0.2, 0.25) is 17.6 Å². The smallest absolute Gasteiger partial charge is 0.237 e. The summed E-state index contributed by atoms with van der Waals surface area (Å²) in [5.41, 5.74) is 6.18. The number of hydrogen-bond acceptors (Lipinski definition) is 7. The first-order valence-electron chi connectivity index (χ1n) is 8.53. The number of thioether (sulfide) groups is 1. The van der Waals surface area contributed by atoms with Gasteiger partial charge in [-0.2, -0.15) is 4.98 Å². The number of primary amides is 1. The Balaban J connectivity index is 1.46. The molecule has 1 fully saturated rings. The molecule has 1 aliphatic carbocycles. The van der Waals surface area contributed by atoms with Crippen LogP contribution in [0.1, 0.15) is 36.9 Å². The van der Waals surface area contributed by atoms with E-state index in [9.17, 15) is 4.79 Å². The van der Waals surface area contributed by atoms with E-state index in [0.717, 1.165) is 33.9 Å². The van der Waals surface area contributed by atoms with E-state index in [1.165, 1.54) is 11.8 Å². The molecule has 27 heavy (non-hydrogen) atoms. The van der Waals surface area contributed by atoms with E-state index in [4.69, 9.17) is 10.3 Å². The van der Waals surface area contributed by atoms with E-state index >= 15 is 0 Å². The van der Waals surface area contributed by atoms with Crippen LogP contribution in [0, 0.1) is 0 Å². The minimum absolute atomic E-state index is 0.263. The zero-order valence-corrected chi connectivity index (χ0v) is 16.7. The van der Waals surface area contributed by atoms with Crippen LogP contribution in [0.25, 0.3) is 11.4 Å². The van der Waals surface area contributed by atoms with Crippen LogP contribution in [0.2, 0.25) is 0 Å². The highest BCUT2D eigenvalue weighted by Crippen LogP contribution is 2.40. The van der Waals surface area contributed by atoms with Gasteiger partial charge in [0.05, 0.1) is 5.75 Å². The summed E-state index contributed by atoms with van der Waals surface area (Å²) in [6.07, 6.45) is 2.48. The summed E-state index contributed by atoms with van der Waals surface area (Å²) in [5, 5.41) is 13.4. The normalized spacial score (nSPS) is 13.8. The number of hydrogen-bond donors (Lipinski definition) is 1. The monoisotopic (exact) mass is 448 g/mol. The quantitative estimate of drug-likeness (QED) is 0.526. The molecule has 0 spiro atoms. The summed E-state index contributed by atoms with van der Waals surface area (Å²) in [6.45, 7) is 0.490. The number of carbonyl (C=O) groups is 1. The fourth-order valence-corrected chi connectivity index (χ4v) is 3.88. The van der Waals surface area contributed by atoms with Crippen LogP contribution >= 0.6 is 27.7 Å². The zero-order valence-electron chi connectivity index (χ0n) is 14.3. The predicted molar refractivity (Wildman–Crippen MR) is 103 cm³/mol. The highest BCUT2D eigenvalue weighted by molar-refractivity contribution is 9.10. The van der Waals surface area contributed by atoms with Gasteiger partial charge in [-0.15, -0.1) is 10.2 Å². The number of amides is 1. The average Bonchev–Trinajstić information content (AvgIpc) is 3.24. The van der Waals surface area contributed by atoms with E-state index in [-0.39, 0.29) is 12.3 Å². The fraction of sp³-hybridized carbons (Fsp3) is 0.353. The van der Waals surface area contributed by atoms with E-state index in [1.54, 1.807) is 0 Å². The van der Waals surface area contributed by atoms with Crippen molar-refractivity contribution in [3.05, 3.63) is 40.5 Å². The number of rotatable bonds is 8. The highest BCUT2D eigenvalue weighted by atomic mass is 79.9. The Bertz CT molecular complexity index is 968. The first-order chi connectivity index (χ1) is 13.1. The molecule has 140 valence electrons. The third-order valence-corrected chi connectivity index (χ3v) is 5.59. The molecule has 1 amide bonds. The zero-order chi connectivity index (χ0) is 18.8.